The van der Waals surface area contributed by atoms with E-state index in [1.165, 1.54) is 6.07 Å². The van der Waals surface area contributed by atoms with Crippen LogP contribution in [0.4, 0.5) is 0 Å². The van der Waals surface area contributed by atoms with E-state index in [2.05, 4.69) is 29.0 Å². The molecule has 2 aromatic rings. The number of nitrogens with zero attached hydrogens (tertiary/aromatic N) is 3. The van der Waals surface area contributed by atoms with E-state index in [4.69, 9.17) is 0 Å². The van der Waals surface area contributed by atoms with Crippen LogP contribution in [0.5, 0.6) is 0 Å². The van der Waals surface area contributed by atoms with Gasteiger partial charge in [-0.2, -0.15) is 0 Å². The molecule has 16 heavy (non-hydrogen) atoms. The molecule has 2 aromatic heterocycles. The second-order valence-corrected chi connectivity index (χ2v) is 4.12. The van der Waals surface area contributed by atoms with E-state index < -0.39 is 0 Å². The van der Waals surface area contributed by atoms with Crippen molar-refractivity contribution in [1.82, 2.24) is 19.7 Å². The van der Waals surface area contributed by atoms with Gasteiger partial charge in [0.2, 0.25) is 0 Å². The molecular weight excluding hydrogens is 204 g/mol. The highest BCUT2D eigenvalue weighted by atomic mass is 16.1. The first-order valence-corrected chi connectivity index (χ1v) is 5.23. The molecule has 0 aliphatic carbocycles. The van der Waals surface area contributed by atoms with Gasteiger partial charge in [0.15, 0.2) is 11.3 Å². The lowest BCUT2D eigenvalue weighted by atomic mass is 10.2. The van der Waals surface area contributed by atoms with Gasteiger partial charge in [-0.1, -0.05) is 13.8 Å². The smallest absolute Gasteiger partial charge is 0.192 e. The third-order valence-electron chi connectivity index (χ3n) is 2.24. The summed E-state index contributed by atoms with van der Waals surface area (Å²) in [7, 11) is 0. The van der Waals surface area contributed by atoms with Crippen molar-refractivity contribution < 1.29 is 0 Å². The zero-order valence-corrected chi connectivity index (χ0v) is 9.34. The molecule has 2 rings (SSSR count). The maximum absolute atomic E-state index is 11.7. The van der Waals surface area contributed by atoms with Crippen molar-refractivity contribution in [2.75, 3.05) is 0 Å². The average molecular weight is 218 g/mol. The number of pyridine rings is 1. The van der Waals surface area contributed by atoms with Gasteiger partial charge in [-0.05, 0) is 5.92 Å². The number of hydrogen-bond donors (Lipinski definition) is 1. The molecule has 5 heteroatoms. The van der Waals surface area contributed by atoms with Crippen molar-refractivity contribution in [1.29, 1.82) is 0 Å². The van der Waals surface area contributed by atoms with Gasteiger partial charge in [0, 0.05) is 25.0 Å². The highest BCUT2D eigenvalue weighted by Crippen LogP contribution is 2.12. The van der Waals surface area contributed by atoms with Crippen molar-refractivity contribution >= 4 is 0 Å². The minimum absolute atomic E-state index is 0.0447. The maximum Gasteiger partial charge on any atom is 0.192 e. The summed E-state index contributed by atoms with van der Waals surface area (Å²) in [5, 5.41) is 7.85. The van der Waals surface area contributed by atoms with Crippen LogP contribution in [0.2, 0.25) is 0 Å². The molecule has 1 N–H and O–H groups in total. The molecule has 0 aliphatic heterocycles. The van der Waals surface area contributed by atoms with Crippen LogP contribution in [-0.4, -0.2) is 19.7 Å². The number of rotatable bonds is 3. The van der Waals surface area contributed by atoms with E-state index in [0.29, 0.717) is 17.3 Å². The lowest BCUT2D eigenvalue weighted by molar-refractivity contribution is 0.525. The van der Waals surface area contributed by atoms with Crippen molar-refractivity contribution in [3.63, 3.8) is 0 Å². The highest BCUT2D eigenvalue weighted by molar-refractivity contribution is 5.52. The third-order valence-corrected chi connectivity index (χ3v) is 2.24. The molecule has 0 amide bonds. The maximum atomic E-state index is 11.7. The predicted molar refractivity (Wildman–Crippen MR) is 60.9 cm³/mol. The molecule has 84 valence electrons. The summed E-state index contributed by atoms with van der Waals surface area (Å²) >= 11 is 0. The lowest BCUT2D eigenvalue weighted by Crippen LogP contribution is -2.10. The average Bonchev–Trinajstić information content (AvgIpc) is 2.66. The van der Waals surface area contributed by atoms with Crippen molar-refractivity contribution in [2.24, 2.45) is 5.92 Å². The Kier molecular flexibility index (Phi) is 2.85. The Hall–Kier alpha value is -1.91. The Morgan fingerprint density at radius 1 is 1.50 bits per heavy atom. The molecule has 0 radical (unpaired) electrons. The molecule has 0 saturated heterocycles. The summed E-state index contributed by atoms with van der Waals surface area (Å²) in [6, 6.07) is 1.49. The molecular formula is C11H14N4O. The minimum atomic E-state index is -0.0447. The number of nitrogens with one attached hydrogen (secondary N) is 1. The molecule has 0 aromatic carbocycles. The Bertz CT molecular complexity index is 527. The van der Waals surface area contributed by atoms with Crippen LogP contribution in [-0.2, 0) is 6.54 Å². The molecule has 0 fully saturated rings. The van der Waals surface area contributed by atoms with Gasteiger partial charge < -0.3 is 9.55 Å². The fraction of sp³-hybridized carbons (Fsp3) is 0.364. The molecule has 0 atom stereocenters. The standard InChI is InChI=1S/C11H14N4O/c1-8(2)6-15-7-13-14-11(15)9-5-12-4-3-10(9)16/h3-5,7-8H,6H2,1-2H3,(H,12,16). The molecule has 5 nitrogen and oxygen atoms in total. The van der Waals surface area contributed by atoms with Gasteiger partial charge >= 0.3 is 0 Å². The summed E-state index contributed by atoms with van der Waals surface area (Å²) in [5.74, 6) is 1.10. The molecule has 0 unspecified atom stereocenters. The van der Waals surface area contributed by atoms with Crippen molar-refractivity contribution in [3.8, 4) is 11.4 Å². The summed E-state index contributed by atoms with van der Waals surface area (Å²) in [4.78, 5) is 14.5. The van der Waals surface area contributed by atoms with E-state index in [0.717, 1.165) is 6.54 Å². The molecule has 0 spiro atoms. The summed E-state index contributed by atoms with van der Waals surface area (Å²) in [6.45, 7) is 5.02. The molecule has 0 aliphatic rings. The van der Waals surface area contributed by atoms with Gasteiger partial charge in [-0.3, -0.25) is 4.79 Å². The lowest BCUT2D eigenvalue weighted by Gasteiger charge is -2.08. The number of aromatic nitrogens is 4. The Labute approximate surface area is 93.2 Å². The quantitative estimate of drug-likeness (QED) is 0.844. The largest absolute Gasteiger partial charge is 0.367 e. The SMILES string of the molecule is CC(C)Cn1cnnc1-c1c[nH]ccc1=O. The van der Waals surface area contributed by atoms with E-state index in [-0.39, 0.29) is 5.43 Å². The van der Waals surface area contributed by atoms with Crippen LogP contribution in [0.25, 0.3) is 11.4 Å². The zero-order chi connectivity index (χ0) is 11.5. The van der Waals surface area contributed by atoms with Crippen molar-refractivity contribution in [3.05, 3.63) is 35.0 Å². The van der Waals surface area contributed by atoms with E-state index in [1.807, 2.05) is 4.57 Å². The van der Waals surface area contributed by atoms with Crippen LogP contribution in [0, 0.1) is 5.92 Å². The number of aromatic amines is 1. The van der Waals surface area contributed by atoms with Gasteiger partial charge in [0.05, 0.1) is 5.56 Å². The highest BCUT2D eigenvalue weighted by Gasteiger charge is 2.10. The van der Waals surface area contributed by atoms with Gasteiger partial charge in [0.1, 0.15) is 6.33 Å². The van der Waals surface area contributed by atoms with Gasteiger partial charge in [-0.25, -0.2) is 0 Å². The third kappa shape index (κ3) is 2.03. The second kappa shape index (κ2) is 4.30. The first-order valence-electron chi connectivity index (χ1n) is 5.23. The van der Waals surface area contributed by atoms with Crippen LogP contribution in [0.3, 0.4) is 0 Å². The molecule has 0 bridgehead atoms. The molecule has 0 saturated carbocycles. The monoisotopic (exact) mass is 218 g/mol. The first kappa shape index (κ1) is 10.6. The second-order valence-electron chi connectivity index (χ2n) is 4.12. The van der Waals surface area contributed by atoms with Crippen molar-refractivity contribution in [2.45, 2.75) is 20.4 Å². The normalized spacial score (nSPS) is 10.9. The molecule has 2 heterocycles. The van der Waals surface area contributed by atoms with E-state index >= 15 is 0 Å². The zero-order valence-electron chi connectivity index (χ0n) is 9.34. The van der Waals surface area contributed by atoms with Crippen LogP contribution in [0.1, 0.15) is 13.8 Å². The van der Waals surface area contributed by atoms with Crippen LogP contribution in [0.15, 0.2) is 29.6 Å². The summed E-state index contributed by atoms with van der Waals surface area (Å²) < 4.78 is 1.90. The topological polar surface area (TPSA) is 63.6 Å². The number of H-pyrrole nitrogens is 1. The van der Waals surface area contributed by atoms with Gasteiger partial charge in [0.25, 0.3) is 0 Å². The van der Waals surface area contributed by atoms with E-state index in [1.54, 1.807) is 18.7 Å². The van der Waals surface area contributed by atoms with Gasteiger partial charge in [-0.15, -0.1) is 10.2 Å². The summed E-state index contributed by atoms with van der Waals surface area (Å²) in [6.07, 6.45) is 4.92. The first-order chi connectivity index (χ1) is 7.68. The predicted octanol–water partition coefficient (Wildman–Crippen LogP) is 1.29. The number of hydrogen-bond acceptors (Lipinski definition) is 3. The van der Waals surface area contributed by atoms with Crippen LogP contribution >= 0.6 is 0 Å². The Balaban J connectivity index is 2.45. The summed E-state index contributed by atoms with van der Waals surface area (Å²) in [5.41, 5.74) is 0.511. The fourth-order valence-corrected chi connectivity index (χ4v) is 1.58. The van der Waals surface area contributed by atoms with E-state index in [9.17, 15) is 4.79 Å². The minimum Gasteiger partial charge on any atom is -0.367 e. The Morgan fingerprint density at radius 3 is 3.00 bits per heavy atom. The Morgan fingerprint density at radius 2 is 2.31 bits per heavy atom. The fourth-order valence-electron chi connectivity index (χ4n) is 1.58. The van der Waals surface area contributed by atoms with Crippen LogP contribution < -0.4 is 5.43 Å².